The maximum absolute atomic E-state index is 11.8. The smallest absolute Gasteiger partial charge is 0.409 e. The fourth-order valence-electron chi connectivity index (χ4n) is 2.56. The second-order valence-electron chi connectivity index (χ2n) is 6.56. The average molecular weight is 499 g/mol. The topological polar surface area (TPSA) is 95.5 Å². The third-order valence-corrected chi connectivity index (χ3v) is 4.03. The van der Waals surface area contributed by atoms with E-state index in [0.717, 1.165) is 12.8 Å². The van der Waals surface area contributed by atoms with E-state index in [1.807, 2.05) is 6.92 Å². The Kier molecular flexibility index (Phi) is 13.1. The maximum Gasteiger partial charge on any atom is 0.409 e. The predicted octanol–water partition coefficient (Wildman–Crippen LogP) is 0.884. The van der Waals surface area contributed by atoms with E-state index in [1.54, 1.807) is 33.0 Å². The monoisotopic (exact) mass is 499 g/mol. The van der Waals surface area contributed by atoms with Crippen molar-refractivity contribution >= 4 is 41.9 Å². The first kappa shape index (κ1) is 25.7. The van der Waals surface area contributed by atoms with Gasteiger partial charge in [-0.15, -0.1) is 24.0 Å². The molecule has 1 aliphatic heterocycles. The van der Waals surface area contributed by atoms with E-state index < -0.39 is 0 Å². The number of halogens is 1. The minimum Gasteiger partial charge on any atom is -0.450 e. The summed E-state index contributed by atoms with van der Waals surface area (Å²) >= 11 is 0. The van der Waals surface area contributed by atoms with Gasteiger partial charge >= 0.3 is 6.09 Å². The maximum atomic E-state index is 11.8. The quantitative estimate of drug-likeness (QED) is 0.307. The number of carbonyl (C=O) groups is 2. The summed E-state index contributed by atoms with van der Waals surface area (Å²) in [6, 6.07) is 0.233. The molecule has 1 atom stereocenters. The number of piperidine rings is 1. The molecule has 1 heterocycles. The molecule has 0 aromatic carbocycles. The normalized spacial score (nSPS) is 16.2. The Hall–Kier alpha value is -1.30. The second-order valence-corrected chi connectivity index (χ2v) is 6.56. The van der Waals surface area contributed by atoms with Gasteiger partial charge < -0.3 is 29.9 Å². The van der Waals surface area contributed by atoms with Crippen LogP contribution in [0.5, 0.6) is 0 Å². The van der Waals surface area contributed by atoms with Gasteiger partial charge in [0.15, 0.2) is 5.96 Å². The van der Waals surface area contributed by atoms with Crippen molar-refractivity contribution in [3.05, 3.63) is 0 Å². The van der Waals surface area contributed by atoms with Crippen LogP contribution in [-0.2, 0) is 14.3 Å². The lowest BCUT2D eigenvalue weighted by Gasteiger charge is -2.32. The highest BCUT2D eigenvalue weighted by Crippen LogP contribution is 2.11. The van der Waals surface area contributed by atoms with Gasteiger partial charge in [0, 0.05) is 46.4 Å². The first-order chi connectivity index (χ1) is 12.4. The SMILES string of the molecule is CCOC(=O)N1CCC(NC(=NCC(=O)N(C)C)NC(C)COC)CC1.I. The van der Waals surface area contributed by atoms with Crippen molar-refractivity contribution in [1.29, 1.82) is 0 Å². The van der Waals surface area contributed by atoms with Gasteiger partial charge in [0.1, 0.15) is 6.54 Å². The summed E-state index contributed by atoms with van der Waals surface area (Å²) in [5, 5.41) is 6.62. The molecular weight excluding hydrogens is 465 g/mol. The molecule has 1 saturated heterocycles. The molecule has 0 aromatic heterocycles. The highest BCUT2D eigenvalue weighted by molar-refractivity contribution is 14.0. The first-order valence-electron chi connectivity index (χ1n) is 9.05. The molecular formula is C17H34IN5O4. The van der Waals surface area contributed by atoms with E-state index in [9.17, 15) is 9.59 Å². The van der Waals surface area contributed by atoms with Crippen molar-refractivity contribution in [3.8, 4) is 0 Å². The molecule has 1 rings (SSSR count). The molecule has 158 valence electrons. The van der Waals surface area contributed by atoms with E-state index in [-0.39, 0.29) is 54.6 Å². The lowest BCUT2D eigenvalue weighted by atomic mass is 10.1. The van der Waals surface area contributed by atoms with Gasteiger partial charge in [-0.1, -0.05) is 0 Å². The Labute approximate surface area is 179 Å². The van der Waals surface area contributed by atoms with E-state index in [2.05, 4.69) is 15.6 Å². The van der Waals surface area contributed by atoms with Crippen LogP contribution in [0.3, 0.4) is 0 Å². The van der Waals surface area contributed by atoms with Crippen LogP contribution in [0.2, 0.25) is 0 Å². The van der Waals surface area contributed by atoms with Crippen molar-refractivity contribution in [3.63, 3.8) is 0 Å². The number of nitrogens with one attached hydrogen (secondary N) is 2. The van der Waals surface area contributed by atoms with Gasteiger partial charge in [-0.3, -0.25) is 4.79 Å². The van der Waals surface area contributed by atoms with Gasteiger partial charge in [0.2, 0.25) is 5.91 Å². The Morgan fingerprint density at radius 2 is 1.93 bits per heavy atom. The molecule has 27 heavy (non-hydrogen) atoms. The zero-order valence-electron chi connectivity index (χ0n) is 17.0. The third-order valence-electron chi connectivity index (χ3n) is 4.03. The van der Waals surface area contributed by atoms with Gasteiger partial charge in [-0.2, -0.15) is 0 Å². The van der Waals surface area contributed by atoms with Gasteiger partial charge in [-0.05, 0) is 26.7 Å². The molecule has 1 aliphatic rings. The number of aliphatic imine (C=N–C) groups is 1. The van der Waals surface area contributed by atoms with Gasteiger partial charge in [0.05, 0.1) is 13.2 Å². The van der Waals surface area contributed by atoms with E-state index >= 15 is 0 Å². The van der Waals surface area contributed by atoms with Gasteiger partial charge in [-0.25, -0.2) is 9.79 Å². The highest BCUT2D eigenvalue weighted by atomic mass is 127. The molecule has 0 radical (unpaired) electrons. The summed E-state index contributed by atoms with van der Waals surface area (Å²) in [6.45, 7) is 6.04. The van der Waals surface area contributed by atoms with E-state index in [0.29, 0.717) is 32.3 Å². The summed E-state index contributed by atoms with van der Waals surface area (Å²) in [4.78, 5) is 31.2. The highest BCUT2D eigenvalue weighted by Gasteiger charge is 2.24. The molecule has 0 aromatic rings. The minimum atomic E-state index is -0.261. The van der Waals surface area contributed by atoms with Crippen LogP contribution >= 0.6 is 24.0 Å². The van der Waals surface area contributed by atoms with Crippen molar-refractivity contribution in [1.82, 2.24) is 20.4 Å². The molecule has 2 amide bonds. The number of guanidine groups is 1. The lowest BCUT2D eigenvalue weighted by molar-refractivity contribution is -0.127. The number of nitrogens with zero attached hydrogens (tertiary/aromatic N) is 3. The zero-order chi connectivity index (χ0) is 19.5. The number of amides is 2. The third kappa shape index (κ3) is 9.99. The second kappa shape index (κ2) is 13.8. The van der Waals surface area contributed by atoms with Crippen molar-refractivity contribution in [2.45, 2.75) is 38.8 Å². The standard InChI is InChI=1S/C17H33N5O4.HI/c1-6-26-17(24)22-9-7-14(8-10-22)20-16(19-13(2)12-25-5)18-11-15(23)21(3)4;/h13-14H,6-12H2,1-5H3,(H2,18,19,20);1H. The number of rotatable bonds is 7. The number of likely N-dealkylation sites (N-methyl/N-ethyl adjacent to an activating group) is 1. The fraction of sp³-hybridized carbons (Fsp3) is 0.824. The van der Waals surface area contributed by atoms with Gasteiger partial charge in [0.25, 0.3) is 0 Å². The molecule has 0 saturated carbocycles. The van der Waals surface area contributed by atoms with Crippen LogP contribution in [0, 0.1) is 0 Å². The molecule has 10 heteroatoms. The molecule has 1 fully saturated rings. The van der Waals surface area contributed by atoms with E-state index in [1.165, 1.54) is 4.90 Å². The molecule has 1 unspecified atom stereocenters. The molecule has 0 bridgehead atoms. The number of hydrogen-bond donors (Lipinski definition) is 2. The van der Waals surface area contributed by atoms with Crippen LogP contribution in [0.15, 0.2) is 4.99 Å². The summed E-state index contributed by atoms with van der Waals surface area (Å²) in [6.07, 6.45) is 1.32. The number of carbonyl (C=O) groups excluding carboxylic acids is 2. The fourth-order valence-corrected chi connectivity index (χ4v) is 2.56. The minimum absolute atomic E-state index is 0. The van der Waals surface area contributed by atoms with Crippen molar-refractivity contribution in [2.24, 2.45) is 4.99 Å². The summed E-state index contributed by atoms with van der Waals surface area (Å²) in [7, 11) is 5.05. The molecule has 9 nitrogen and oxygen atoms in total. The van der Waals surface area contributed by atoms with Crippen molar-refractivity contribution in [2.75, 3.05) is 54.1 Å². The zero-order valence-corrected chi connectivity index (χ0v) is 19.3. The van der Waals surface area contributed by atoms with Crippen molar-refractivity contribution < 1.29 is 19.1 Å². The summed E-state index contributed by atoms with van der Waals surface area (Å²) in [5.41, 5.74) is 0. The number of methoxy groups -OCH3 is 1. The van der Waals surface area contributed by atoms with E-state index in [4.69, 9.17) is 9.47 Å². The summed E-state index contributed by atoms with van der Waals surface area (Å²) < 4.78 is 10.2. The Morgan fingerprint density at radius 1 is 1.30 bits per heavy atom. The first-order valence-corrected chi connectivity index (χ1v) is 9.05. The Balaban J connectivity index is 0.00000676. The molecule has 0 spiro atoms. The number of likely N-dealkylation sites (tertiary alicyclic amines) is 1. The lowest BCUT2D eigenvalue weighted by Crippen LogP contribution is -2.52. The van der Waals surface area contributed by atoms with Crippen LogP contribution < -0.4 is 10.6 Å². The molecule has 2 N–H and O–H groups in total. The summed E-state index contributed by atoms with van der Waals surface area (Å²) in [5.74, 6) is 0.516. The van der Waals surface area contributed by atoms with Crippen LogP contribution in [0.25, 0.3) is 0 Å². The molecule has 0 aliphatic carbocycles. The Morgan fingerprint density at radius 3 is 2.44 bits per heavy atom. The van der Waals surface area contributed by atoms with Crippen LogP contribution in [-0.4, -0.2) is 93.9 Å². The number of hydrogen-bond acceptors (Lipinski definition) is 5. The average Bonchev–Trinajstić information content (AvgIpc) is 2.60. The Bertz CT molecular complexity index is 482. The largest absolute Gasteiger partial charge is 0.450 e. The van der Waals surface area contributed by atoms with Crippen LogP contribution in [0.4, 0.5) is 4.79 Å². The predicted molar refractivity (Wildman–Crippen MR) is 116 cm³/mol. The number of ether oxygens (including phenoxy) is 2. The van der Waals surface area contributed by atoms with Crippen LogP contribution in [0.1, 0.15) is 26.7 Å².